The Morgan fingerprint density at radius 2 is 1.91 bits per heavy atom. The quantitative estimate of drug-likeness (QED) is 0.805. The smallest absolute Gasteiger partial charge is 0.317 e. The van der Waals surface area contributed by atoms with Crippen LogP contribution in [0.2, 0.25) is 0 Å². The van der Waals surface area contributed by atoms with E-state index in [1.807, 2.05) is 18.2 Å². The molecule has 0 atom stereocenters. The Hall–Kier alpha value is -2.31. The van der Waals surface area contributed by atoms with E-state index >= 15 is 0 Å². The second kappa shape index (κ2) is 8.21. The summed E-state index contributed by atoms with van der Waals surface area (Å²) in [6.45, 7) is 5.31. The van der Waals surface area contributed by atoms with Crippen LogP contribution in [0.4, 0.5) is 10.6 Å². The number of anilines is 1. The van der Waals surface area contributed by atoms with E-state index in [-0.39, 0.29) is 11.9 Å². The fourth-order valence-electron chi connectivity index (χ4n) is 2.37. The molecule has 0 saturated carbocycles. The standard InChI is InChI=1S/C15H23N5O2/c1-13(21)19-9-4-10-20(12-11-19)15(22)18-8-7-17-14-5-2-3-6-16-14/h2-3,5-6H,4,7-12H2,1H3,(H,16,17)(H,18,22). The summed E-state index contributed by atoms with van der Waals surface area (Å²) in [5.74, 6) is 0.866. The molecule has 2 heterocycles. The number of pyridine rings is 1. The molecule has 0 aliphatic carbocycles. The lowest BCUT2D eigenvalue weighted by Gasteiger charge is -2.21. The van der Waals surface area contributed by atoms with Crippen molar-refractivity contribution in [1.82, 2.24) is 20.1 Å². The van der Waals surface area contributed by atoms with Crippen molar-refractivity contribution in [3.8, 4) is 0 Å². The third-order valence-corrected chi connectivity index (χ3v) is 3.60. The van der Waals surface area contributed by atoms with Gasteiger partial charge in [-0.3, -0.25) is 4.79 Å². The lowest BCUT2D eigenvalue weighted by Crippen LogP contribution is -2.43. The number of carbonyl (C=O) groups is 2. The number of hydrogen-bond acceptors (Lipinski definition) is 4. The van der Waals surface area contributed by atoms with Gasteiger partial charge >= 0.3 is 6.03 Å². The Bertz CT molecular complexity index is 494. The minimum absolute atomic E-state index is 0.0711. The molecule has 0 unspecified atom stereocenters. The highest BCUT2D eigenvalue weighted by molar-refractivity contribution is 5.75. The molecule has 0 aromatic carbocycles. The molecular weight excluding hydrogens is 282 g/mol. The number of aromatic nitrogens is 1. The zero-order valence-corrected chi connectivity index (χ0v) is 12.9. The van der Waals surface area contributed by atoms with Crippen LogP contribution in [0.3, 0.4) is 0 Å². The maximum Gasteiger partial charge on any atom is 0.317 e. The van der Waals surface area contributed by atoms with Gasteiger partial charge in [-0.1, -0.05) is 6.07 Å². The van der Waals surface area contributed by atoms with Gasteiger partial charge in [-0.25, -0.2) is 9.78 Å². The summed E-state index contributed by atoms with van der Waals surface area (Å²) in [5.41, 5.74) is 0. The van der Waals surface area contributed by atoms with Crippen LogP contribution in [0, 0.1) is 0 Å². The van der Waals surface area contributed by atoms with Crippen LogP contribution in [0.25, 0.3) is 0 Å². The summed E-state index contributed by atoms with van der Waals surface area (Å²) in [5, 5.41) is 6.03. The lowest BCUT2D eigenvalue weighted by molar-refractivity contribution is -0.128. The van der Waals surface area contributed by atoms with Crippen molar-refractivity contribution in [3.05, 3.63) is 24.4 Å². The van der Waals surface area contributed by atoms with Crippen LogP contribution < -0.4 is 10.6 Å². The van der Waals surface area contributed by atoms with Crippen LogP contribution in [-0.2, 0) is 4.79 Å². The van der Waals surface area contributed by atoms with Crippen molar-refractivity contribution in [2.75, 3.05) is 44.6 Å². The maximum absolute atomic E-state index is 12.1. The molecule has 7 nitrogen and oxygen atoms in total. The van der Waals surface area contributed by atoms with E-state index in [4.69, 9.17) is 0 Å². The van der Waals surface area contributed by atoms with Gasteiger partial charge in [-0.05, 0) is 18.6 Å². The van der Waals surface area contributed by atoms with E-state index in [9.17, 15) is 9.59 Å². The largest absolute Gasteiger partial charge is 0.368 e. The third kappa shape index (κ3) is 4.91. The van der Waals surface area contributed by atoms with Gasteiger partial charge in [0.05, 0.1) is 0 Å². The Balaban J connectivity index is 1.67. The molecule has 1 aliphatic rings. The fraction of sp³-hybridized carbons (Fsp3) is 0.533. The molecule has 2 N–H and O–H groups in total. The summed E-state index contributed by atoms with van der Waals surface area (Å²) in [6, 6.07) is 5.57. The summed E-state index contributed by atoms with van der Waals surface area (Å²) in [7, 11) is 0. The Morgan fingerprint density at radius 1 is 1.14 bits per heavy atom. The first kappa shape index (κ1) is 16.1. The van der Waals surface area contributed by atoms with Gasteiger partial charge in [0, 0.05) is 52.4 Å². The molecule has 120 valence electrons. The van der Waals surface area contributed by atoms with Crippen molar-refractivity contribution < 1.29 is 9.59 Å². The Labute approximate surface area is 130 Å². The van der Waals surface area contributed by atoms with Crippen molar-refractivity contribution in [1.29, 1.82) is 0 Å². The van der Waals surface area contributed by atoms with Crippen molar-refractivity contribution in [2.24, 2.45) is 0 Å². The first-order valence-corrected chi connectivity index (χ1v) is 7.60. The predicted octanol–water partition coefficient (Wildman–Crippen LogP) is 0.757. The molecule has 1 aromatic heterocycles. The number of rotatable bonds is 4. The van der Waals surface area contributed by atoms with E-state index in [1.165, 1.54) is 0 Å². The number of hydrogen-bond donors (Lipinski definition) is 2. The molecule has 1 aliphatic heterocycles. The van der Waals surface area contributed by atoms with Crippen LogP contribution in [0.1, 0.15) is 13.3 Å². The monoisotopic (exact) mass is 305 g/mol. The number of carbonyl (C=O) groups excluding carboxylic acids is 2. The van der Waals surface area contributed by atoms with Crippen LogP contribution >= 0.6 is 0 Å². The molecule has 7 heteroatoms. The second-order valence-corrected chi connectivity index (χ2v) is 5.22. The van der Waals surface area contributed by atoms with E-state index < -0.39 is 0 Å². The molecule has 0 spiro atoms. The third-order valence-electron chi connectivity index (χ3n) is 3.60. The normalized spacial score (nSPS) is 15.1. The summed E-state index contributed by atoms with van der Waals surface area (Å²) < 4.78 is 0. The lowest BCUT2D eigenvalue weighted by atomic mass is 10.4. The zero-order chi connectivity index (χ0) is 15.8. The van der Waals surface area contributed by atoms with Crippen LogP contribution in [0.15, 0.2) is 24.4 Å². The number of urea groups is 1. The molecule has 3 amide bonds. The molecule has 1 saturated heterocycles. The van der Waals surface area contributed by atoms with Gasteiger partial charge in [0.2, 0.25) is 5.91 Å². The van der Waals surface area contributed by atoms with Crippen LogP contribution in [-0.4, -0.2) is 66.0 Å². The topological polar surface area (TPSA) is 77.6 Å². The van der Waals surface area contributed by atoms with E-state index in [0.717, 1.165) is 18.8 Å². The van der Waals surface area contributed by atoms with E-state index in [2.05, 4.69) is 15.6 Å². The van der Waals surface area contributed by atoms with E-state index in [1.54, 1.807) is 22.9 Å². The molecule has 0 bridgehead atoms. The Kier molecular flexibility index (Phi) is 6.00. The molecule has 1 fully saturated rings. The molecular formula is C15H23N5O2. The van der Waals surface area contributed by atoms with Crippen LogP contribution in [0.5, 0.6) is 0 Å². The molecule has 1 aromatic rings. The zero-order valence-electron chi connectivity index (χ0n) is 12.9. The predicted molar refractivity (Wildman–Crippen MR) is 84.6 cm³/mol. The van der Waals surface area contributed by atoms with E-state index in [0.29, 0.717) is 32.7 Å². The summed E-state index contributed by atoms with van der Waals surface area (Å²) >= 11 is 0. The van der Waals surface area contributed by atoms with Gasteiger partial charge in [-0.2, -0.15) is 0 Å². The first-order chi connectivity index (χ1) is 10.7. The maximum atomic E-state index is 12.1. The minimum Gasteiger partial charge on any atom is -0.368 e. The minimum atomic E-state index is -0.0757. The van der Waals surface area contributed by atoms with Gasteiger partial charge in [0.15, 0.2) is 0 Å². The number of nitrogens with zero attached hydrogens (tertiary/aromatic N) is 3. The Morgan fingerprint density at radius 3 is 2.64 bits per heavy atom. The second-order valence-electron chi connectivity index (χ2n) is 5.22. The number of amides is 3. The summed E-state index contributed by atoms with van der Waals surface area (Å²) in [4.78, 5) is 31.2. The van der Waals surface area contributed by atoms with Crippen molar-refractivity contribution >= 4 is 17.8 Å². The average molecular weight is 305 g/mol. The highest BCUT2D eigenvalue weighted by Crippen LogP contribution is 2.03. The first-order valence-electron chi connectivity index (χ1n) is 7.60. The SMILES string of the molecule is CC(=O)N1CCCN(C(=O)NCCNc2ccccn2)CC1. The molecule has 2 rings (SSSR count). The van der Waals surface area contributed by atoms with Gasteiger partial charge in [-0.15, -0.1) is 0 Å². The van der Waals surface area contributed by atoms with Crippen molar-refractivity contribution in [3.63, 3.8) is 0 Å². The fourth-order valence-corrected chi connectivity index (χ4v) is 2.37. The van der Waals surface area contributed by atoms with Gasteiger partial charge in [0.1, 0.15) is 5.82 Å². The highest BCUT2D eigenvalue weighted by Gasteiger charge is 2.19. The van der Waals surface area contributed by atoms with Gasteiger partial charge < -0.3 is 20.4 Å². The molecule has 0 radical (unpaired) electrons. The van der Waals surface area contributed by atoms with Gasteiger partial charge in [0.25, 0.3) is 0 Å². The van der Waals surface area contributed by atoms with Crippen molar-refractivity contribution in [2.45, 2.75) is 13.3 Å². The number of nitrogens with one attached hydrogen (secondary N) is 2. The summed E-state index contributed by atoms with van der Waals surface area (Å²) in [6.07, 6.45) is 2.54. The molecule has 22 heavy (non-hydrogen) atoms. The average Bonchev–Trinajstić information content (AvgIpc) is 2.78. The highest BCUT2D eigenvalue weighted by atomic mass is 16.2.